The summed E-state index contributed by atoms with van der Waals surface area (Å²) in [6.45, 7) is 3.27. The lowest BCUT2D eigenvalue weighted by atomic mass is 10.6. The summed E-state index contributed by atoms with van der Waals surface area (Å²) in [4.78, 5) is 1.92. The van der Waals surface area contributed by atoms with Crippen LogP contribution in [-0.4, -0.2) is 37.1 Å². The maximum atomic E-state index is 10.9. The van der Waals surface area contributed by atoms with E-state index in [0.717, 1.165) is 6.54 Å². The van der Waals surface area contributed by atoms with Gasteiger partial charge in [0, 0.05) is 18.9 Å². The minimum atomic E-state index is -3.04. The third-order valence-corrected chi connectivity index (χ3v) is 2.69. The molecule has 88 valence electrons. The van der Waals surface area contributed by atoms with E-state index in [2.05, 4.69) is 0 Å². The van der Waals surface area contributed by atoms with Crippen LogP contribution in [0.2, 0.25) is 0 Å². The molecule has 4 nitrogen and oxygen atoms in total. The van der Waals surface area contributed by atoms with Crippen molar-refractivity contribution in [1.82, 2.24) is 9.21 Å². The van der Waals surface area contributed by atoms with E-state index in [9.17, 15) is 8.42 Å². The lowest BCUT2D eigenvalue weighted by molar-refractivity contribution is -0.00000587. The molecule has 1 aliphatic rings. The summed E-state index contributed by atoms with van der Waals surface area (Å²) >= 11 is 0. The average molecular weight is 244 g/mol. The van der Waals surface area contributed by atoms with E-state index in [0.29, 0.717) is 6.67 Å². The van der Waals surface area contributed by atoms with Crippen molar-refractivity contribution >= 4 is 10.0 Å². The fourth-order valence-corrected chi connectivity index (χ4v) is 1.50. The van der Waals surface area contributed by atoms with E-state index >= 15 is 0 Å². The van der Waals surface area contributed by atoms with Crippen LogP contribution in [0.15, 0.2) is 12.4 Å². The quantitative estimate of drug-likeness (QED) is 0.580. The minimum Gasteiger partial charge on any atom is -1.00 e. The highest BCUT2D eigenvalue weighted by atomic mass is 35.5. The van der Waals surface area contributed by atoms with Crippen LogP contribution < -0.4 is 12.4 Å². The molecule has 0 aromatic rings. The number of hydrogen-bond acceptors (Lipinski definition) is 3. The molecule has 0 unspecified atom stereocenters. The third-order valence-electron chi connectivity index (χ3n) is 1.60. The van der Waals surface area contributed by atoms with Crippen LogP contribution >= 0.6 is 0 Å². The molecule has 1 aliphatic heterocycles. The first-order chi connectivity index (χ1) is 5.04. The Hall–Kier alpha value is -0.420. The van der Waals surface area contributed by atoms with Gasteiger partial charge >= 0.3 is 0 Å². The van der Waals surface area contributed by atoms with E-state index in [-0.39, 0.29) is 27.3 Å². The Kier molecular flexibility index (Phi) is 9.53. The summed E-state index contributed by atoms with van der Waals surface area (Å²) in [6.07, 6.45) is 4.57. The second kappa shape index (κ2) is 6.95. The third kappa shape index (κ3) is 4.72. The molecule has 0 aromatic heterocycles. The van der Waals surface area contributed by atoms with Crippen LogP contribution in [0.4, 0.5) is 0 Å². The zero-order chi connectivity index (χ0) is 8.48. The summed E-state index contributed by atoms with van der Waals surface area (Å²) < 4.78 is 23.2. The summed E-state index contributed by atoms with van der Waals surface area (Å²) in [5.41, 5.74) is 0. The maximum absolute atomic E-state index is 10.9. The lowest BCUT2D eigenvalue weighted by Gasteiger charge is -2.17. The van der Waals surface area contributed by atoms with Crippen LogP contribution in [0.25, 0.3) is 0 Å². The molecule has 0 saturated heterocycles. The minimum absolute atomic E-state index is 0. The molecule has 0 aromatic carbocycles. The van der Waals surface area contributed by atoms with Crippen molar-refractivity contribution in [3.8, 4) is 0 Å². The van der Waals surface area contributed by atoms with E-state index in [1.54, 1.807) is 12.4 Å². The molecular formula is C8H20ClN2O2S-. The standard InChI is InChI=1S/C6H12N2O2S.2CH4.ClH/c1-3-7-4-5-8(6-7)11(2,9)10;;;/h4-5H,3,6H2,1-2H3;2*1H4;1H/p-1. The molecule has 0 fully saturated rings. The maximum Gasteiger partial charge on any atom is 0.233 e. The summed E-state index contributed by atoms with van der Waals surface area (Å²) in [7, 11) is -3.04. The molecule has 1 heterocycles. The summed E-state index contributed by atoms with van der Waals surface area (Å²) in [5, 5.41) is 0. The predicted octanol–water partition coefficient (Wildman–Crippen LogP) is -1.71. The first-order valence-electron chi connectivity index (χ1n) is 3.43. The normalized spacial score (nSPS) is 14.1. The van der Waals surface area contributed by atoms with Crippen molar-refractivity contribution in [1.29, 1.82) is 0 Å². The summed E-state index contributed by atoms with van der Waals surface area (Å²) in [6, 6.07) is 0. The molecule has 0 N–H and O–H groups in total. The van der Waals surface area contributed by atoms with Gasteiger partial charge in [0.25, 0.3) is 0 Å². The summed E-state index contributed by atoms with van der Waals surface area (Å²) in [5.74, 6) is 0. The molecule has 0 saturated carbocycles. The molecule has 1 rings (SSSR count). The predicted molar refractivity (Wildman–Crippen MR) is 56.5 cm³/mol. The number of nitrogens with zero attached hydrogens (tertiary/aromatic N) is 2. The van der Waals surface area contributed by atoms with Crippen molar-refractivity contribution in [2.24, 2.45) is 0 Å². The average Bonchev–Trinajstić information content (AvgIpc) is 2.32. The van der Waals surface area contributed by atoms with Gasteiger partial charge in [-0.3, -0.25) is 4.31 Å². The Balaban J connectivity index is -0.000000403. The fraction of sp³-hybridized carbons (Fsp3) is 0.750. The highest BCUT2D eigenvalue weighted by Gasteiger charge is 2.18. The van der Waals surface area contributed by atoms with E-state index < -0.39 is 10.0 Å². The number of hydrogen-bond donors (Lipinski definition) is 0. The monoisotopic (exact) mass is 243 g/mol. The first-order valence-corrected chi connectivity index (χ1v) is 5.28. The number of halogens is 1. The molecule has 6 heteroatoms. The second-order valence-electron chi connectivity index (χ2n) is 2.49. The topological polar surface area (TPSA) is 40.6 Å². The Morgan fingerprint density at radius 2 is 1.79 bits per heavy atom. The van der Waals surface area contributed by atoms with E-state index in [1.165, 1.54) is 10.6 Å². The van der Waals surface area contributed by atoms with E-state index in [4.69, 9.17) is 0 Å². The second-order valence-corrected chi connectivity index (χ2v) is 4.43. The van der Waals surface area contributed by atoms with Crippen LogP contribution in [0.1, 0.15) is 21.8 Å². The van der Waals surface area contributed by atoms with Crippen molar-refractivity contribution in [2.75, 3.05) is 19.5 Å². The Morgan fingerprint density at radius 3 is 2.00 bits per heavy atom. The molecule has 0 aliphatic carbocycles. The number of sulfonamides is 1. The lowest BCUT2D eigenvalue weighted by Crippen LogP contribution is -3.00. The largest absolute Gasteiger partial charge is 1.00 e. The van der Waals surface area contributed by atoms with Crippen LogP contribution in [-0.2, 0) is 10.0 Å². The molecular weight excluding hydrogens is 224 g/mol. The smallest absolute Gasteiger partial charge is 0.233 e. The van der Waals surface area contributed by atoms with Gasteiger partial charge in [-0.1, -0.05) is 14.9 Å². The zero-order valence-corrected chi connectivity index (χ0v) is 8.64. The highest BCUT2D eigenvalue weighted by Crippen LogP contribution is 2.09. The van der Waals surface area contributed by atoms with Gasteiger partial charge in [0.2, 0.25) is 10.0 Å². The van der Waals surface area contributed by atoms with Gasteiger partial charge < -0.3 is 17.3 Å². The van der Waals surface area contributed by atoms with E-state index in [1.807, 2.05) is 11.8 Å². The van der Waals surface area contributed by atoms with Gasteiger partial charge in [-0.2, -0.15) is 0 Å². The molecule has 14 heavy (non-hydrogen) atoms. The molecule has 0 atom stereocenters. The van der Waals surface area contributed by atoms with Crippen molar-refractivity contribution in [2.45, 2.75) is 21.8 Å². The van der Waals surface area contributed by atoms with Crippen LogP contribution in [0.3, 0.4) is 0 Å². The number of rotatable bonds is 2. The zero-order valence-electron chi connectivity index (χ0n) is 7.07. The van der Waals surface area contributed by atoms with Gasteiger partial charge in [0.15, 0.2) is 0 Å². The Morgan fingerprint density at radius 1 is 1.29 bits per heavy atom. The van der Waals surface area contributed by atoms with Crippen molar-refractivity contribution in [3.05, 3.63) is 12.4 Å². The van der Waals surface area contributed by atoms with Crippen molar-refractivity contribution < 1.29 is 20.8 Å². The Bertz CT molecular complexity index is 265. The van der Waals surface area contributed by atoms with Crippen LogP contribution in [0.5, 0.6) is 0 Å². The molecule has 0 radical (unpaired) electrons. The van der Waals surface area contributed by atoms with Gasteiger partial charge in [-0.25, -0.2) is 8.42 Å². The molecule has 0 amide bonds. The van der Waals surface area contributed by atoms with Gasteiger partial charge in [-0.05, 0) is 6.92 Å². The fourth-order valence-electron chi connectivity index (χ4n) is 0.863. The van der Waals surface area contributed by atoms with Gasteiger partial charge in [0.1, 0.15) is 6.67 Å². The van der Waals surface area contributed by atoms with Crippen molar-refractivity contribution in [3.63, 3.8) is 0 Å². The highest BCUT2D eigenvalue weighted by molar-refractivity contribution is 7.88. The van der Waals surface area contributed by atoms with Gasteiger partial charge in [0.05, 0.1) is 6.26 Å². The van der Waals surface area contributed by atoms with Gasteiger partial charge in [-0.15, -0.1) is 0 Å². The first kappa shape index (κ1) is 19.2. The molecule has 0 spiro atoms. The van der Waals surface area contributed by atoms with Crippen LogP contribution in [0, 0.1) is 0 Å². The molecule has 0 bridgehead atoms. The SMILES string of the molecule is C.C.CCN1C=CN(S(C)(=O)=O)C1.[Cl-]. The Labute approximate surface area is 94.0 Å².